The quantitative estimate of drug-likeness (QED) is 0.888. The fourth-order valence-electron chi connectivity index (χ4n) is 3.92. The van der Waals surface area contributed by atoms with Crippen molar-refractivity contribution in [3.8, 4) is 0 Å². The van der Waals surface area contributed by atoms with Crippen molar-refractivity contribution in [1.29, 1.82) is 0 Å². The number of carbonyl (C=O) groups excluding carboxylic acids is 1. The number of rotatable bonds is 4. The number of hydrogen-bond donors (Lipinski definition) is 1. The normalized spacial score (nSPS) is 23.0. The molecule has 6 heteroatoms. The molecule has 1 amide bonds. The zero-order chi connectivity index (χ0) is 17.8. The van der Waals surface area contributed by atoms with Crippen LogP contribution in [-0.2, 0) is 11.3 Å². The third kappa shape index (κ3) is 5.16. The summed E-state index contributed by atoms with van der Waals surface area (Å²) in [6.45, 7) is 6.16. The van der Waals surface area contributed by atoms with Gasteiger partial charge in [-0.1, -0.05) is 17.7 Å². The van der Waals surface area contributed by atoms with E-state index in [0.717, 1.165) is 57.5 Å². The molecule has 0 aromatic heterocycles. The van der Waals surface area contributed by atoms with E-state index in [2.05, 4.69) is 10.2 Å². The van der Waals surface area contributed by atoms with E-state index in [1.807, 2.05) is 4.90 Å². The number of nitrogens with zero attached hydrogens (tertiary/aromatic N) is 2. The summed E-state index contributed by atoms with van der Waals surface area (Å²) in [5.41, 5.74) is 0.985. The molecule has 1 unspecified atom stereocenters. The largest absolute Gasteiger partial charge is 0.343 e. The molecule has 1 aromatic rings. The first kappa shape index (κ1) is 18.6. The number of amides is 1. The van der Waals surface area contributed by atoms with Crippen LogP contribution in [0.5, 0.6) is 0 Å². The molecule has 138 valence electrons. The molecular formula is C19H27ClFN3O. The SMILES string of the molecule is CC(=O)N1CCC(NC2CCCN(Cc3ccc(F)cc3Cl)C2)CC1. The number of hydrogen-bond acceptors (Lipinski definition) is 3. The molecule has 0 radical (unpaired) electrons. The van der Waals surface area contributed by atoms with Crippen molar-refractivity contribution in [2.24, 2.45) is 0 Å². The number of piperidine rings is 2. The Morgan fingerprint density at radius 2 is 2.00 bits per heavy atom. The third-order valence-corrected chi connectivity index (χ3v) is 5.68. The van der Waals surface area contributed by atoms with E-state index in [1.165, 1.54) is 18.6 Å². The van der Waals surface area contributed by atoms with Crippen LogP contribution in [0.1, 0.15) is 38.2 Å². The van der Waals surface area contributed by atoms with Gasteiger partial charge >= 0.3 is 0 Å². The van der Waals surface area contributed by atoms with E-state index in [4.69, 9.17) is 11.6 Å². The minimum Gasteiger partial charge on any atom is -0.343 e. The van der Waals surface area contributed by atoms with Crippen molar-refractivity contribution in [1.82, 2.24) is 15.1 Å². The Hall–Kier alpha value is -1.17. The maximum atomic E-state index is 13.2. The summed E-state index contributed by atoms with van der Waals surface area (Å²) in [5.74, 6) is -0.109. The molecule has 0 bridgehead atoms. The number of nitrogens with one attached hydrogen (secondary N) is 1. The highest BCUT2D eigenvalue weighted by atomic mass is 35.5. The maximum absolute atomic E-state index is 13.2. The number of likely N-dealkylation sites (tertiary alicyclic amines) is 2. The molecule has 3 rings (SSSR count). The van der Waals surface area contributed by atoms with Gasteiger partial charge in [0.1, 0.15) is 5.82 Å². The first-order valence-corrected chi connectivity index (χ1v) is 9.57. The molecule has 1 aromatic carbocycles. The molecule has 0 spiro atoms. The van der Waals surface area contributed by atoms with Crippen LogP contribution in [0.4, 0.5) is 4.39 Å². The zero-order valence-electron chi connectivity index (χ0n) is 14.8. The third-order valence-electron chi connectivity index (χ3n) is 5.33. The molecule has 4 nitrogen and oxygen atoms in total. The van der Waals surface area contributed by atoms with Crippen LogP contribution in [-0.4, -0.2) is 54.0 Å². The van der Waals surface area contributed by atoms with Crippen molar-refractivity contribution < 1.29 is 9.18 Å². The summed E-state index contributed by atoms with van der Waals surface area (Å²) in [6.07, 6.45) is 4.39. The summed E-state index contributed by atoms with van der Waals surface area (Å²) in [7, 11) is 0. The Balaban J connectivity index is 1.49. The van der Waals surface area contributed by atoms with Gasteiger partial charge in [-0.15, -0.1) is 0 Å². The van der Waals surface area contributed by atoms with Gasteiger partial charge in [0, 0.05) is 50.2 Å². The second-order valence-corrected chi connectivity index (χ2v) is 7.66. The first-order valence-electron chi connectivity index (χ1n) is 9.19. The summed E-state index contributed by atoms with van der Waals surface area (Å²) >= 11 is 6.17. The number of benzene rings is 1. The lowest BCUT2D eigenvalue weighted by atomic mass is 9.99. The van der Waals surface area contributed by atoms with Crippen LogP contribution >= 0.6 is 11.6 Å². The van der Waals surface area contributed by atoms with Crippen molar-refractivity contribution in [2.45, 2.75) is 51.2 Å². The van der Waals surface area contributed by atoms with Gasteiger partial charge in [0.05, 0.1) is 0 Å². The topological polar surface area (TPSA) is 35.6 Å². The highest BCUT2D eigenvalue weighted by molar-refractivity contribution is 6.31. The fraction of sp³-hybridized carbons (Fsp3) is 0.632. The van der Waals surface area contributed by atoms with Gasteiger partial charge in [0.15, 0.2) is 0 Å². The Morgan fingerprint density at radius 1 is 1.24 bits per heavy atom. The highest BCUT2D eigenvalue weighted by Gasteiger charge is 2.26. The second kappa shape index (κ2) is 8.47. The van der Waals surface area contributed by atoms with Crippen molar-refractivity contribution >= 4 is 17.5 Å². The van der Waals surface area contributed by atoms with Crippen LogP contribution in [0.2, 0.25) is 5.02 Å². The smallest absolute Gasteiger partial charge is 0.219 e. The minimum absolute atomic E-state index is 0.179. The highest BCUT2D eigenvalue weighted by Crippen LogP contribution is 2.22. The van der Waals surface area contributed by atoms with Gasteiger partial charge in [-0.2, -0.15) is 0 Å². The van der Waals surface area contributed by atoms with Gasteiger partial charge in [0.2, 0.25) is 5.91 Å². The lowest BCUT2D eigenvalue weighted by Gasteiger charge is -2.38. The Labute approximate surface area is 154 Å². The molecule has 1 atom stereocenters. The molecular weight excluding hydrogens is 341 g/mol. The van der Waals surface area contributed by atoms with E-state index in [9.17, 15) is 9.18 Å². The molecule has 1 N–H and O–H groups in total. The van der Waals surface area contributed by atoms with Crippen LogP contribution in [0.25, 0.3) is 0 Å². The average Bonchev–Trinajstić information content (AvgIpc) is 2.58. The Morgan fingerprint density at radius 3 is 2.68 bits per heavy atom. The number of carbonyl (C=O) groups is 1. The Bertz CT molecular complexity index is 604. The minimum atomic E-state index is -0.288. The predicted molar refractivity (Wildman–Crippen MR) is 98.1 cm³/mol. The van der Waals surface area contributed by atoms with Gasteiger partial charge in [0.25, 0.3) is 0 Å². The predicted octanol–water partition coefficient (Wildman–Crippen LogP) is 3.04. The standard InChI is InChI=1S/C19H27ClFN3O/c1-14(25)24-9-6-17(7-10-24)22-18-3-2-8-23(13-18)12-15-4-5-16(21)11-19(15)20/h4-5,11,17-18,22H,2-3,6-10,12-13H2,1H3. The number of halogens is 2. The molecule has 2 saturated heterocycles. The summed E-state index contributed by atoms with van der Waals surface area (Å²) in [4.78, 5) is 15.8. The molecule has 2 aliphatic rings. The van der Waals surface area contributed by atoms with E-state index in [-0.39, 0.29) is 11.7 Å². The second-order valence-electron chi connectivity index (χ2n) is 7.26. The van der Waals surface area contributed by atoms with E-state index in [1.54, 1.807) is 13.0 Å². The summed E-state index contributed by atoms with van der Waals surface area (Å²) in [6, 6.07) is 5.62. The van der Waals surface area contributed by atoms with Crippen LogP contribution < -0.4 is 5.32 Å². The van der Waals surface area contributed by atoms with Crippen LogP contribution in [0, 0.1) is 5.82 Å². The fourth-order valence-corrected chi connectivity index (χ4v) is 4.15. The van der Waals surface area contributed by atoms with E-state index >= 15 is 0 Å². The summed E-state index contributed by atoms with van der Waals surface area (Å²) < 4.78 is 13.2. The molecule has 25 heavy (non-hydrogen) atoms. The molecule has 0 saturated carbocycles. The molecule has 2 fully saturated rings. The molecule has 2 heterocycles. The first-order chi connectivity index (χ1) is 12.0. The van der Waals surface area contributed by atoms with Gasteiger partial charge in [-0.05, 0) is 49.9 Å². The molecule has 2 aliphatic heterocycles. The van der Waals surface area contributed by atoms with Gasteiger partial charge in [-0.3, -0.25) is 9.69 Å². The van der Waals surface area contributed by atoms with Crippen molar-refractivity contribution in [3.63, 3.8) is 0 Å². The van der Waals surface area contributed by atoms with Crippen LogP contribution in [0.15, 0.2) is 18.2 Å². The van der Waals surface area contributed by atoms with Gasteiger partial charge < -0.3 is 10.2 Å². The zero-order valence-corrected chi connectivity index (χ0v) is 15.6. The van der Waals surface area contributed by atoms with Crippen LogP contribution in [0.3, 0.4) is 0 Å². The average molecular weight is 368 g/mol. The lowest BCUT2D eigenvalue weighted by Crippen LogP contribution is -2.52. The molecule has 0 aliphatic carbocycles. The van der Waals surface area contributed by atoms with E-state index < -0.39 is 0 Å². The summed E-state index contributed by atoms with van der Waals surface area (Å²) in [5, 5.41) is 4.29. The monoisotopic (exact) mass is 367 g/mol. The lowest BCUT2D eigenvalue weighted by molar-refractivity contribution is -0.129. The maximum Gasteiger partial charge on any atom is 0.219 e. The van der Waals surface area contributed by atoms with Crippen molar-refractivity contribution in [3.05, 3.63) is 34.6 Å². The van der Waals surface area contributed by atoms with E-state index in [0.29, 0.717) is 17.1 Å². The van der Waals surface area contributed by atoms with Crippen molar-refractivity contribution in [2.75, 3.05) is 26.2 Å². The Kier molecular flexibility index (Phi) is 6.31. The van der Waals surface area contributed by atoms with Gasteiger partial charge in [-0.25, -0.2) is 4.39 Å².